The number of piperidine rings is 1. The number of Topliss-reactive ketones (excluding diaryl/α,β-unsaturated/α-hetero) is 1. The molecule has 1 N–H and O–H groups in total. The Morgan fingerprint density at radius 1 is 1.33 bits per heavy atom. The topological polar surface area (TPSA) is 42.2 Å². The Morgan fingerprint density at radius 3 is 2.90 bits per heavy atom. The van der Waals surface area contributed by atoms with Crippen LogP contribution in [0.25, 0.3) is 11.0 Å². The Labute approximate surface area is 125 Å². The maximum atomic E-state index is 12.6. The summed E-state index contributed by atoms with van der Waals surface area (Å²) in [6.07, 6.45) is 4.85. The van der Waals surface area contributed by atoms with Gasteiger partial charge in [-0.3, -0.25) is 4.79 Å². The smallest absolute Gasteiger partial charge is 0.199 e. The first-order valence-corrected chi connectivity index (χ1v) is 7.98. The predicted octanol–water partition coefficient (Wildman–Crippen LogP) is 4.10. The molecule has 1 saturated heterocycles. The molecule has 2 atom stereocenters. The summed E-state index contributed by atoms with van der Waals surface area (Å²) in [5, 5.41) is 4.60. The van der Waals surface area contributed by atoms with Crippen LogP contribution < -0.4 is 5.32 Å². The third-order valence-corrected chi connectivity index (χ3v) is 4.45. The molecule has 0 saturated carbocycles. The van der Waals surface area contributed by atoms with Gasteiger partial charge in [0.15, 0.2) is 11.5 Å². The molecular formula is C18H23NO2. The van der Waals surface area contributed by atoms with Gasteiger partial charge < -0.3 is 9.73 Å². The fourth-order valence-electron chi connectivity index (χ4n) is 3.39. The fraction of sp³-hybridized carbons (Fsp3) is 0.500. The van der Waals surface area contributed by atoms with E-state index in [1.54, 1.807) is 0 Å². The normalized spacial score (nSPS) is 22.6. The third-order valence-electron chi connectivity index (χ3n) is 4.45. The van der Waals surface area contributed by atoms with Gasteiger partial charge >= 0.3 is 0 Å². The Hall–Kier alpha value is -1.61. The highest BCUT2D eigenvalue weighted by Gasteiger charge is 2.25. The second kappa shape index (κ2) is 6.02. The molecule has 0 spiro atoms. The average molecular weight is 285 g/mol. The fourth-order valence-corrected chi connectivity index (χ4v) is 3.39. The number of para-hydroxylation sites is 1. The highest BCUT2D eigenvalue weighted by Crippen LogP contribution is 2.28. The quantitative estimate of drug-likeness (QED) is 0.860. The summed E-state index contributed by atoms with van der Waals surface area (Å²) in [4.78, 5) is 12.6. The molecule has 1 aromatic heterocycles. The van der Waals surface area contributed by atoms with Crippen molar-refractivity contribution >= 4 is 16.8 Å². The number of furan rings is 1. The predicted molar refractivity (Wildman–Crippen MR) is 84.8 cm³/mol. The van der Waals surface area contributed by atoms with Crippen LogP contribution >= 0.6 is 0 Å². The van der Waals surface area contributed by atoms with Gasteiger partial charge in [0.1, 0.15) is 5.58 Å². The number of nitrogens with one attached hydrogen (secondary N) is 1. The van der Waals surface area contributed by atoms with Crippen molar-refractivity contribution in [1.29, 1.82) is 0 Å². The summed E-state index contributed by atoms with van der Waals surface area (Å²) in [5.41, 5.74) is 1.88. The molecule has 1 aliphatic heterocycles. The average Bonchev–Trinajstić information content (AvgIpc) is 2.86. The van der Waals surface area contributed by atoms with Crippen LogP contribution in [0.4, 0.5) is 0 Å². The molecule has 2 heterocycles. The van der Waals surface area contributed by atoms with Crippen molar-refractivity contribution in [2.24, 2.45) is 0 Å². The van der Waals surface area contributed by atoms with E-state index in [2.05, 4.69) is 19.2 Å². The van der Waals surface area contributed by atoms with Gasteiger partial charge in [0.2, 0.25) is 0 Å². The number of hydrogen-bond donors (Lipinski definition) is 1. The maximum Gasteiger partial charge on any atom is 0.199 e. The Kier molecular flexibility index (Phi) is 4.11. The molecule has 2 unspecified atom stereocenters. The Balaban J connectivity index is 1.84. The van der Waals surface area contributed by atoms with E-state index in [4.69, 9.17) is 4.42 Å². The molecule has 1 aromatic carbocycles. The summed E-state index contributed by atoms with van der Waals surface area (Å²) in [6.45, 7) is 4.27. The zero-order chi connectivity index (χ0) is 14.8. The van der Waals surface area contributed by atoms with Gasteiger partial charge in [-0.05, 0) is 32.3 Å². The molecule has 1 fully saturated rings. The molecule has 1 aliphatic rings. The van der Waals surface area contributed by atoms with Crippen LogP contribution in [0.5, 0.6) is 0 Å². The minimum atomic E-state index is 0.134. The Morgan fingerprint density at radius 2 is 2.14 bits per heavy atom. The molecular weight excluding hydrogens is 262 g/mol. The van der Waals surface area contributed by atoms with E-state index in [9.17, 15) is 4.79 Å². The van der Waals surface area contributed by atoms with Gasteiger partial charge in [-0.15, -0.1) is 0 Å². The van der Waals surface area contributed by atoms with Crippen molar-refractivity contribution in [3.63, 3.8) is 0 Å². The summed E-state index contributed by atoms with van der Waals surface area (Å²) in [7, 11) is 0. The number of rotatable bonds is 4. The van der Waals surface area contributed by atoms with Gasteiger partial charge in [0.05, 0.1) is 0 Å². The lowest BCUT2D eigenvalue weighted by atomic mass is 9.94. The van der Waals surface area contributed by atoms with Crippen molar-refractivity contribution < 1.29 is 9.21 Å². The summed E-state index contributed by atoms with van der Waals surface area (Å²) in [5.74, 6) is 0.702. The van der Waals surface area contributed by atoms with Crippen LogP contribution in [0.1, 0.15) is 55.6 Å². The van der Waals surface area contributed by atoms with E-state index in [0.29, 0.717) is 24.3 Å². The summed E-state index contributed by atoms with van der Waals surface area (Å²) < 4.78 is 5.84. The standard InChI is InChI=1S/C18H23NO2/c1-3-14-15-9-4-5-10-17(15)21-18(14)16(20)11-13-8-6-7-12(2)19-13/h4-5,9-10,12-13,19H,3,6-8,11H2,1-2H3. The van der Waals surface area contributed by atoms with Crippen molar-refractivity contribution in [3.05, 3.63) is 35.6 Å². The number of hydrogen-bond acceptors (Lipinski definition) is 3. The van der Waals surface area contributed by atoms with E-state index in [1.165, 1.54) is 12.8 Å². The first kappa shape index (κ1) is 14.3. The van der Waals surface area contributed by atoms with Crippen LogP contribution in [0, 0.1) is 0 Å². The SMILES string of the molecule is CCc1c(C(=O)CC2CCCC(C)N2)oc2ccccc12. The third kappa shape index (κ3) is 2.88. The molecule has 3 rings (SSSR count). The number of fused-ring (bicyclic) bond motifs is 1. The van der Waals surface area contributed by atoms with Crippen molar-refractivity contribution in [3.8, 4) is 0 Å². The van der Waals surface area contributed by atoms with Crippen molar-refractivity contribution in [2.75, 3.05) is 0 Å². The first-order chi connectivity index (χ1) is 10.2. The number of carbonyl (C=O) groups excluding carboxylic acids is 1. The second-order valence-corrected chi connectivity index (χ2v) is 6.08. The van der Waals surface area contributed by atoms with E-state index in [1.807, 2.05) is 24.3 Å². The lowest BCUT2D eigenvalue weighted by molar-refractivity contribution is 0.0933. The largest absolute Gasteiger partial charge is 0.453 e. The summed E-state index contributed by atoms with van der Waals surface area (Å²) >= 11 is 0. The zero-order valence-corrected chi connectivity index (χ0v) is 12.8. The number of benzene rings is 1. The lowest BCUT2D eigenvalue weighted by Gasteiger charge is -2.28. The van der Waals surface area contributed by atoms with E-state index in [0.717, 1.165) is 29.4 Å². The molecule has 3 heteroatoms. The highest BCUT2D eigenvalue weighted by molar-refractivity contribution is 6.00. The van der Waals surface area contributed by atoms with Crippen LogP contribution in [0.15, 0.2) is 28.7 Å². The van der Waals surface area contributed by atoms with Gasteiger partial charge in [-0.25, -0.2) is 0 Å². The molecule has 0 aliphatic carbocycles. The minimum Gasteiger partial charge on any atom is -0.453 e. The molecule has 0 bridgehead atoms. The van der Waals surface area contributed by atoms with Gasteiger partial charge in [-0.2, -0.15) is 0 Å². The first-order valence-electron chi connectivity index (χ1n) is 7.98. The van der Waals surface area contributed by atoms with Crippen LogP contribution in [0.2, 0.25) is 0 Å². The molecule has 3 nitrogen and oxygen atoms in total. The maximum absolute atomic E-state index is 12.6. The number of ketones is 1. The van der Waals surface area contributed by atoms with E-state index >= 15 is 0 Å². The minimum absolute atomic E-state index is 0.134. The molecule has 112 valence electrons. The molecule has 0 radical (unpaired) electrons. The van der Waals surface area contributed by atoms with Gasteiger partial charge in [0, 0.05) is 29.5 Å². The van der Waals surface area contributed by atoms with E-state index in [-0.39, 0.29) is 5.78 Å². The molecule has 21 heavy (non-hydrogen) atoms. The zero-order valence-electron chi connectivity index (χ0n) is 12.8. The molecule has 2 aromatic rings. The summed E-state index contributed by atoms with van der Waals surface area (Å²) in [6, 6.07) is 8.72. The second-order valence-electron chi connectivity index (χ2n) is 6.08. The number of aryl methyl sites for hydroxylation is 1. The van der Waals surface area contributed by atoms with Crippen LogP contribution in [-0.2, 0) is 6.42 Å². The van der Waals surface area contributed by atoms with Gasteiger partial charge in [0.25, 0.3) is 0 Å². The lowest BCUT2D eigenvalue weighted by Crippen LogP contribution is -2.41. The van der Waals surface area contributed by atoms with Crippen molar-refractivity contribution in [1.82, 2.24) is 5.32 Å². The number of carbonyl (C=O) groups is 1. The van der Waals surface area contributed by atoms with Gasteiger partial charge in [-0.1, -0.05) is 31.5 Å². The Bertz CT molecular complexity index is 644. The van der Waals surface area contributed by atoms with Crippen LogP contribution in [0.3, 0.4) is 0 Å². The monoisotopic (exact) mass is 285 g/mol. The van der Waals surface area contributed by atoms with Crippen LogP contribution in [-0.4, -0.2) is 17.9 Å². The van der Waals surface area contributed by atoms with E-state index < -0.39 is 0 Å². The van der Waals surface area contributed by atoms with Crippen molar-refractivity contribution in [2.45, 2.75) is 58.0 Å². The molecule has 0 amide bonds. The highest BCUT2D eigenvalue weighted by atomic mass is 16.3.